The number of hydrogen-bond acceptors (Lipinski definition) is 5. The quantitative estimate of drug-likeness (QED) is 0.715. The third-order valence-electron chi connectivity index (χ3n) is 2.81. The monoisotopic (exact) mass is 290 g/mol. The molecular formula is C11H22N4O3S. The number of aromatic nitrogens is 2. The summed E-state index contributed by atoms with van der Waals surface area (Å²) in [5.41, 5.74) is 5.67. The summed E-state index contributed by atoms with van der Waals surface area (Å²) in [6.45, 7) is 4.60. The van der Waals surface area contributed by atoms with Gasteiger partial charge in [0, 0.05) is 25.8 Å². The van der Waals surface area contributed by atoms with E-state index in [0.29, 0.717) is 13.1 Å². The Labute approximate surface area is 114 Å². The Bertz CT molecular complexity index is 498. The largest absolute Gasteiger partial charge is 0.395 e. The van der Waals surface area contributed by atoms with Gasteiger partial charge in [0.2, 0.25) is 10.0 Å². The van der Waals surface area contributed by atoms with Crippen LogP contribution in [0.4, 0.5) is 5.82 Å². The van der Waals surface area contributed by atoms with Crippen molar-refractivity contribution in [1.29, 1.82) is 0 Å². The molecule has 0 fully saturated rings. The Hall–Kier alpha value is -1.12. The zero-order valence-electron chi connectivity index (χ0n) is 11.4. The molecule has 7 nitrogen and oxygen atoms in total. The number of unbranched alkanes of at least 4 members (excludes halogenated alkanes) is 1. The van der Waals surface area contributed by atoms with Crippen molar-refractivity contribution >= 4 is 15.8 Å². The molecule has 0 unspecified atom stereocenters. The minimum Gasteiger partial charge on any atom is -0.395 e. The number of aliphatic hydroxyl groups is 1. The fourth-order valence-corrected chi connectivity index (χ4v) is 3.25. The minimum absolute atomic E-state index is 0.00119. The molecule has 8 heteroatoms. The maximum atomic E-state index is 12.5. The Kier molecular flexibility index (Phi) is 5.77. The zero-order chi connectivity index (χ0) is 14.5. The van der Waals surface area contributed by atoms with E-state index < -0.39 is 10.0 Å². The normalized spacial score (nSPS) is 12.2. The maximum absolute atomic E-state index is 12.5. The SMILES string of the molecule is CCCCN(CCO)S(=O)(=O)c1cn(CC)nc1N. The molecule has 0 aliphatic heterocycles. The van der Waals surface area contributed by atoms with Crippen LogP contribution >= 0.6 is 0 Å². The fourth-order valence-electron chi connectivity index (χ4n) is 1.72. The van der Waals surface area contributed by atoms with Gasteiger partial charge in [0.25, 0.3) is 0 Å². The van der Waals surface area contributed by atoms with Crippen LogP contribution in [0.3, 0.4) is 0 Å². The molecule has 0 radical (unpaired) electrons. The van der Waals surface area contributed by atoms with Crippen molar-refractivity contribution < 1.29 is 13.5 Å². The highest BCUT2D eigenvalue weighted by molar-refractivity contribution is 7.89. The molecule has 0 bridgehead atoms. The highest BCUT2D eigenvalue weighted by Gasteiger charge is 2.27. The second-order valence-electron chi connectivity index (χ2n) is 4.22. The number of anilines is 1. The van der Waals surface area contributed by atoms with Gasteiger partial charge in [-0.15, -0.1) is 0 Å². The molecule has 110 valence electrons. The number of aryl methyl sites for hydroxylation is 1. The van der Waals surface area contributed by atoms with Crippen LogP contribution in [0.15, 0.2) is 11.1 Å². The van der Waals surface area contributed by atoms with Crippen LogP contribution in [0.25, 0.3) is 0 Å². The van der Waals surface area contributed by atoms with Crippen molar-refractivity contribution in [1.82, 2.24) is 14.1 Å². The number of nitrogen functional groups attached to an aromatic ring is 1. The Balaban J connectivity index is 3.07. The first-order valence-corrected chi connectivity index (χ1v) is 7.85. The zero-order valence-corrected chi connectivity index (χ0v) is 12.2. The molecule has 0 amide bonds. The summed E-state index contributed by atoms with van der Waals surface area (Å²) in [4.78, 5) is 0.0129. The molecule has 0 aliphatic carbocycles. The second kappa shape index (κ2) is 6.88. The molecule has 1 aromatic rings. The van der Waals surface area contributed by atoms with Crippen LogP contribution in [-0.4, -0.2) is 47.3 Å². The minimum atomic E-state index is -3.69. The molecule has 3 N–H and O–H groups in total. The number of aliphatic hydroxyl groups excluding tert-OH is 1. The third-order valence-corrected chi connectivity index (χ3v) is 4.72. The van der Waals surface area contributed by atoms with Gasteiger partial charge in [0.15, 0.2) is 5.82 Å². The highest BCUT2D eigenvalue weighted by Crippen LogP contribution is 2.21. The lowest BCUT2D eigenvalue weighted by Crippen LogP contribution is -2.34. The fraction of sp³-hybridized carbons (Fsp3) is 0.727. The van der Waals surface area contributed by atoms with Gasteiger partial charge in [-0.3, -0.25) is 4.68 Å². The van der Waals surface area contributed by atoms with Crippen LogP contribution in [0, 0.1) is 0 Å². The molecule has 0 aliphatic rings. The highest BCUT2D eigenvalue weighted by atomic mass is 32.2. The van der Waals surface area contributed by atoms with E-state index in [1.54, 1.807) is 0 Å². The van der Waals surface area contributed by atoms with Crippen LogP contribution in [0.2, 0.25) is 0 Å². The van der Waals surface area contributed by atoms with Crippen LogP contribution in [-0.2, 0) is 16.6 Å². The summed E-state index contributed by atoms with van der Waals surface area (Å²) in [6.07, 6.45) is 3.04. The van der Waals surface area contributed by atoms with Gasteiger partial charge >= 0.3 is 0 Å². The van der Waals surface area contributed by atoms with E-state index in [-0.39, 0.29) is 23.9 Å². The molecule has 0 saturated carbocycles. The number of nitrogens with two attached hydrogens (primary N) is 1. The predicted octanol–water partition coefficient (Wildman–Crippen LogP) is 0.268. The van der Waals surface area contributed by atoms with Gasteiger partial charge in [0.05, 0.1) is 6.61 Å². The van der Waals surface area contributed by atoms with Crippen molar-refractivity contribution in [3.05, 3.63) is 6.20 Å². The lowest BCUT2D eigenvalue weighted by atomic mass is 10.3. The van der Waals surface area contributed by atoms with Crippen molar-refractivity contribution in [3.8, 4) is 0 Å². The summed E-state index contributed by atoms with van der Waals surface area (Å²) >= 11 is 0. The van der Waals surface area contributed by atoms with Gasteiger partial charge in [0.1, 0.15) is 4.90 Å². The molecule has 1 heterocycles. The second-order valence-corrected chi connectivity index (χ2v) is 6.12. The summed E-state index contributed by atoms with van der Waals surface area (Å²) < 4.78 is 27.7. The van der Waals surface area contributed by atoms with E-state index in [1.165, 1.54) is 15.2 Å². The van der Waals surface area contributed by atoms with E-state index in [9.17, 15) is 8.42 Å². The number of nitrogens with zero attached hydrogens (tertiary/aromatic N) is 3. The first-order chi connectivity index (χ1) is 8.97. The maximum Gasteiger partial charge on any atom is 0.248 e. The number of sulfonamides is 1. The summed E-state index contributed by atoms with van der Waals surface area (Å²) in [7, 11) is -3.69. The topological polar surface area (TPSA) is 101 Å². The lowest BCUT2D eigenvalue weighted by Gasteiger charge is -2.20. The van der Waals surface area contributed by atoms with Gasteiger partial charge in [-0.05, 0) is 13.3 Å². The van der Waals surface area contributed by atoms with Crippen LogP contribution in [0.5, 0.6) is 0 Å². The van der Waals surface area contributed by atoms with Gasteiger partial charge < -0.3 is 10.8 Å². The average Bonchev–Trinajstić information content (AvgIpc) is 2.76. The summed E-state index contributed by atoms with van der Waals surface area (Å²) in [6, 6.07) is 0. The molecule has 0 aromatic carbocycles. The third kappa shape index (κ3) is 3.68. The first-order valence-electron chi connectivity index (χ1n) is 6.41. The molecule has 1 aromatic heterocycles. The smallest absolute Gasteiger partial charge is 0.248 e. The molecule has 0 spiro atoms. The summed E-state index contributed by atoms with van der Waals surface area (Å²) in [5, 5.41) is 13.0. The van der Waals surface area contributed by atoms with Crippen molar-refractivity contribution in [2.45, 2.75) is 38.1 Å². The molecular weight excluding hydrogens is 268 g/mol. The molecule has 0 atom stereocenters. The summed E-state index contributed by atoms with van der Waals surface area (Å²) in [5.74, 6) is 0.00119. The van der Waals surface area contributed by atoms with E-state index in [2.05, 4.69) is 5.10 Å². The molecule has 1 rings (SSSR count). The van der Waals surface area contributed by atoms with Gasteiger partial charge in [-0.25, -0.2) is 8.42 Å². The van der Waals surface area contributed by atoms with E-state index in [4.69, 9.17) is 10.8 Å². The number of rotatable bonds is 8. The number of hydrogen-bond donors (Lipinski definition) is 2. The standard InChI is InChI=1S/C11H22N4O3S/c1-3-5-6-15(7-8-16)19(17,18)10-9-14(4-2)13-11(10)12/h9,16H,3-8H2,1-2H3,(H2,12,13). The van der Waals surface area contributed by atoms with E-state index in [0.717, 1.165) is 12.8 Å². The van der Waals surface area contributed by atoms with E-state index >= 15 is 0 Å². The predicted molar refractivity (Wildman–Crippen MR) is 73.1 cm³/mol. The van der Waals surface area contributed by atoms with Gasteiger partial charge in [-0.1, -0.05) is 13.3 Å². The van der Waals surface area contributed by atoms with Crippen molar-refractivity contribution in [3.63, 3.8) is 0 Å². The van der Waals surface area contributed by atoms with Gasteiger partial charge in [-0.2, -0.15) is 9.40 Å². The Morgan fingerprint density at radius 3 is 2.58 bits per heavy atom. The van der Waals surface area contributed by atoms with Crippen molar-refractivity contribution in [2.75, 3.05) is 25.4 Å². The van der Waals surface area contributed by atoms with Crippen molar-refractivity contribution in [2.24, 2.45) is 0 Å². The Morgan fingerprint density at radius 1 is 1.42 bits per heavy atom. The molecule has 19 heavy (non-hydrogen) atoms. The van der Waals surface area contributed by atoms with Crippen LogP contribution in [0.1, 0.15) is 26.7 Å². The van der Waals surface area contributed by atoms with Crippen LogP contribution < -0.4 is 5.73 Å². The average molecular weight is 290 g/mol. The lowest BCUT2D eigenvalue weighted by molar-refractivity contribution is 0.252. The first kappa shape index (κ1) is 15.9. The molecule has 0 saturated heterocycles. The Morgan fingerprint density at radius 2 is 2.11 bits per heavy atom. The van der Waals surface area contributed by atoms with E-state index in [1.807, 2.05) is 13.8 Å².